The van der Waals surface area contributed by atoms with E-state index in [1.165, 1.54) is 0 Å². The Balaban J connectivity index is 2.46. The largest absolute Gasteiger partial charge is 0.478 e. The molecule has 0 saturated carbocycles. The molecule has 0 amide bonds. The quantitative estimate of drug-likeness (QED) is 0.786. The van der Waals surface area contributed by atoms with Crippen LogP contribution in [0.5, 0.6) is 0 Å². The van der Waals surface area contributed by atoms with Crippen LogP contribution in [0.1, 0.15) is 49.4 Å². The SMILES string of the molecule is CCSCCC(C)n1c(CC)nc2c(C(=O)O)cccc21. The number of carbonyl (C=O) groups is 1. The van der Waals surface area contributed by atoms with Crippen LogP contribution in [0.3, 0.4) is 0 Å². The highest BCUT2D eigenvalue weighted by Crippen LogP contribution is 2.26. The molecule has 0 bridgehead atoms. The number of carboxylic acid groups (broad SMARTS) is 1. The number of aryl methyl sites for hydroxylation is 1. The van der Waals surface area contributed by atoms with E-state index < -0.39 is 5.97 Å². The number of benzene rings is 1. The van der Waals surface area contributed by atoms with Crippen molar-refractivity contribution in [2.75, 3.05) is 11.5 Å². The second kappa shape index (κ2) is 6.98. The minimum Gasteiger partial charge on any atom is -0.478 e. The van der Waals surface area contributed by atoms with Gasteiger partial charge in [-0.1, -0.05) is 19.9 Å². The van der Waals surface area contributed by atoms with Gasteiger partial charge in [0, 0.05) is 12.5 Å². The lowest BCUT2D eigenvalue weighted by Gasteiger charge is -2.17. The Bertz CT molecular complexity index is 636. The summed E-state index contributed by atoms with van der Waals surface area (Å²) >= 11 is 1.93. The van der Waals surface area contributed by atoms with Crippen molar-refractivity contribution in [3.8, 4) is 0 Å². The molecule has 114 valence electrons. The summed E-state index contributed by atoms with van der Waals surface area (Å²) in [6.07, 6.45) is 1.87. The minimum atomic E-state index is -0.915. The van der Waals surface area contributed by atoms with E-state index in [1.54, 1.807) is 12.1 Å². The van der Waals surface area contributed by atoms with Crippen LogP contribution in [-0.2, 0) is 6.42 Å². The average molecular weight is 306 g/mol. The van der Waals surface area contributed by atoms with Crippen molar-refractivity contribution in [3.05, 3.63) is 29.6 Å². The molecule has 1 heterocycles. The lowest BCUT2D eigenvalue weighted by atomic mass is 10.1. The summed E-state index contributed by atoms with van der Waals surface area (Å²) in [7, 11) is 0. The monoisotopic (exact) mass is 306 g/mol. The van der Waals surface area contributed by atoms with Gasteiger partial charge in [0.25, 0.3) is 0 Å². The molecule has 1 aromatic carbocycles. The number of aromatic nitrogens is 2. The van der Waals surface area contributed by atoms with Crippen LogP contribution < -0.4 is 0 Å². The lowest BCUT2D eigenvalue weighted by molar-refractivity contribution is 0.0699. The van der Waals surface area contributed by atoms with E-state index in [0.717, 1.165) is 35.7 Å². The van der Waals surface area contributed by atoms with E-state index in [9.17, 15) is 9.90 Å². The number of para-hydroxylation sites is 1. The summed E-state index contributed by atoms with van der Waals surface area (Å²) in [6, 6.07) is 5.72. The summed E-state index contributed by atoms with van der Waals surface area (Å²) < 4.78 is 2.21. The number of fused-ring (bicyclic) bond motifs is 1. The molecule has 1 aromatic heterocycles. The fraction of sp³-hybridized carbons (Fsp3) is 0.500. The van der Waals surface area contributed by atoms with Crippen LogP contribution in [0.2, 0.25) is 0 Å². The first-order valence-corrected chi connectivity index (χ1v) is 8.56. The Morgan fingerprint density at radius 2 is 2.19 bits per heavy atom. The van der Waals surface area contributed by atoms with Crippen molar-refractivity contribution >= 4 is 28.8 Å². The molecule has 2 rings (SSSR count). The molecule has 1 unspecified atom stereocenters. The van der Waals surface area contributed by atoms with Gasteiger partial charge in [-0.3, -0.25) is 0 Å². The normalized spacial score (nSPS) is 12.7. The first kappa shape index (κ1) is 15.9. The molecule has 5 heteroatoms. The first-order chi connectivity index (χ1) is 10.1. The second-order valence-electron chi connectivity index (χ2n) is 5.06. The maximum absolute atomic E-state index is 11.4. The van der Waals surface area contributed by atoms with Crippen molar-refractivity contribution < 1.29 is 9.90 Å². The predicted octanol–water partition coefficient (Wildman–Crippen LogP) is 4.00. The van der Waals surface area contributed by atoms with Gasteiger partial charge in [0.2, 0.25) is 0 Å². The minimum absolute atomic E-state index is 0.288. The van der Waals surface area contributed by atoms with Crippen molar-refractivity contribution in [1.29, 1.82) is 0 Å². The van der Waals surface area contributed by atoms with E-state index in [0.29, 0.717) is 11.6 Å². The van der Waals surface area contributed by atoms with Gasteiger partial charge in [0.05, 0.1) is 11.1 Å². The Hall–Kier alpha value is -1.49. The number of carboxylic acids is 1. The highest BCUT2D eigenvalue weighted by Gasteiger charge is 2.18. The number of thioether (sulfide) groups is 1. The first-order valence-electron chi connectivity index (χ1n) is 7.41. The van der Waals surface area contributed by atoms with Crippen molar-refractivity contribution in [2.24, 2.45) is 0 Å². The van der Waals surface area contributed by atoms with Crippen molar-refractivity contribution in [1.82, 2.24) is 9.55 Å². The second-order valence-corrected chi connectivity index (χ2v) is 6.46. The van der Waals surface area contributed by atoms with E-state index in [-0.39, 0.29) is 5.56 Å². The van der Waals surface area contributed by atoms with Gasteiger partial charge in [0.1, 0.15) is 11.3 Å². The highest BCUT2D eigenvalue weighted by molar-refractivity contribution is 7.99. The van der Waals surface area contributed by atoms with Gasteiger partial charge in [-0.2, -0.15) is 11.8 Å². The molecule has 21 heavy (non-hydrogen) atoms. The number of aromatic carboxylic acids is 1. The molecule has 2 aromatic rings. The van der Waals surface area contributed by atoms with Gasteiger partial charge < -0.3 is 9.67 Å². The number of hydrogen-bond donors (Lipinski definition) is 1. The predicted molar refractivity (Wildman–Crippen MR) is 88.4 cm³/mol. The summed E-state index contributed by atoms with van der Waals surface area (Å²) in [6.45, 7) is 6.41. The zero-order valence-corrected chi connectivity index (χ0v) is 13.6. The Morgan fingerprint density at radius 3 is 2.81 bits per heavy atom. The Morgan fingerprint density at radius 1 is 1.43 bits per heavy atom. The molecule has 1 N–H and O–H groups in total. The fourth-order valence-electron chi connectivity index (χ4n) is 2.61. The zero-order chi connectivity index (χ0) is 15.4. The topological polar surface area (TPSA) is 55.1 Å². The number of imidazole rings is 1. The van der Waals surface area contributed by atoms with Gasteiger partial charge >= 0.3 is 5.97 Å². The zero-order valence-electron chi connectivity index (χ0n) is 12.8. The fourth-order valence-corrected chi connectivity index (χ4v) is 3.40. The summed E-state index contributed by atoms with van der Waals surface area (Å²) in [5.41, 5.74) is 1.83. The lowest BCUT2D eigenvalue weighted by Crippen LogP contribution is -2.10. The van der Waals surface area contributed by atoms with Gasteiger partial charge in [-0.15, -0.1) is 0 Å². The van der Waals surface area contributed by atoms with E-state index >= 15 is 0 Å². The van der Waals surface area contributed by atoms with Crippen LogP contribution in [-0.4, -0.2) is 32.1 Å². The molecule has 0 aliphatic heterocycles. The van der Waals surface area contributed by atoms with E-state index in [1.807, 2.05) is 17.8 Å². The molecule has 0 radical (unpaired) electrons. The Kier molecular flexibility index (Phi) is 5.28. The third-order valence-electron chi connectivity index (χ3n) is 3.66. The molecule has 0 spiro atoms. The smallest absolute Gasteiger partial charge is 0.337 e. The third-order valence-corrected chi connectivity index (χ3v) is 4.60. The third kappa shape index (κ3) is 3.23. The Labute approximate surface area is 129 Å². The maximum Gasteiger partial charge on any atom is 0.337 e. The number of nitrogens with zero attached hydrogens (tertiary/aromatic N) is 2. The molecule has 0 aliphatic rings. The maximum atomic E-state index is 11.4. The van der Waals surface area contributed by atoms with E-state index in [2.05, 4.69) is 30.3 Å². The highest BCUT2D eigenvalue weighted by atomic mass is 32.2. The molecule has 0 saturated heterocycles. The number of rotatable bonds is 7. The van der Waals surface area contributed by atoms with Crippen molar-refractivity contribution in [2.45, 2.75) is 39.7 Å². The molecular weight excluding hydrogens is 284 g/mol. The van der Waals surface area contributed by atoms with Gasteiger partial charge in [-0.05, 0) is 37.0 Å². The average Bonchev–Trinajstić information content (AvgIpc) is 2.85. The standard InChI is InChI=1S/C16H22N2O2S/c1-4-14-17-15-12(16(19)20)7-6-8-13(15)18(14)11(3)9-10-21-5-2/h6-8,11H,4-5,9-10H2,1-3H3,(H,19,20). The van der Waals surface area contributed by atoms with Gasteiger partial charge in [0.15, 0.2) is 0 Å². The summed E-state index contributed by atoms with van der Waals surface area (Å²) in [5.74, 6) is 2.29. The van der Waals surface area contributed by atoms with Crippen LogP contribution in [0.15, 0.2) is 18.2 Å². The van der Waals surface area contributed by atoms with Gasteiger partial charge in [-0.25, -0.2) is 9.78 Å². The van der Waals surface area contributed by atoms with Crippen LogP contribution in [0.25, 0.3) is 11.0 Å². The van der Waals surface area contributed by atoms with Crippen LogP contribution in [0, 0.1) is 0 Å². The van der Waals surface area contributed by atoms with Crippen LogP contribution in [0.4, 0.5) is 0 Å². The molecule has 0 fully saturated rings. The summed E-state index contributed by atoms with van der Waals surface area (Å²) in [5, 5.41) is 9.32. The summed E-state index contributed by atoms with van der Waals surface area (Å²) in [4.78, 5) is 15.9. The molecular formula is C16H22N2O2S. The molecule has 0 aliphatic carbocycles. The van der Waals surface area contributed by atoms with Crippen LogP contribution >= 0.6 is 11.8 Å². The van der Waals surface area contributed by atoms with Crippen molar-refractivity contribution in [3.63, 3.8) is 0 Å². The number of hydrogen-bond acceptors (Lipinski definition) is 3. The molecule has 4 nitrogen and oxygen atoms in total. The van der Waals surface area contributed by atoms with E-state index in [4.69, 9.17) is 0 Å². The molecule has 1 atom stereocenters.